The Balaban J connectivity index is 1.43. The van der Waals surface area contributed by atoms with Crippen LogP contribution in [-0.2, 0) is 11.4 Å². The van der Waals surface area contributed by atoms with Gasteiger partial charge in [-0.25, -0.2) is 4.79 Å². The normalized spacial score (nSPS) is 14.3. The lowest BCUT2D eigenvalue weighted by Gasteiger charge is -2.16. The molecular formula is C20H11NO5S. The van der Waals surface area contributed by atoms with E-state index in [1.54, 1.807) is 18.2 Å². The van der Waals surface area contributed by atoms with Gasteiger partial charge in [0.2, 0.25) is 0 Å². The number of ether oxygens (including phenoxy) is 1. The van der Waals surface area contributed by atoms with E-state index in [-0.39, 0.29) is 11.1 Å². The molecule has 5 rings (SSSR count). The van der Waals surface area contributed by atoms with Gasteiger partial charge in [-0.15, -0.1) is 11.3 Å². The van der Waals surface area contributed by atoms with Crippen LogP contribution in [0.1, 0.15) is 36.0 Å². The molecule has 0 unspecified atom stereocenters. The van der Waals surface area contributed by atoms with Crippen LogP contribution in [0.5, 0.6) is 5.75 Å². The number of benzene rings is 2. The standard InChI is InChI=1S/C20H11NO5S/c22-18-12-5-1-2-6-13(12)19(23)21(18)26-20(24)16-9-11-10-25-15-8-4-3-7-14(15)17(11)27-16/h1-9H,10H2. The second kappa shape index (κ2) is 5.78. The van der Waals surface area contributed by atoms with Crippen molar-refractivity contribution in [1.29, 1.82) is 0 Å². The van der Waals surface area contributed by atoms with E-state index in [0.29, 0.717) is 16.5 Å². The van der Waals surface area contributed by atoms with Gasteiger partial charge in [0.15, 0.2) is 0 Å². The number of carbonyl (C=O) groups excluding carboxylic acids is 3. The van der Waals surface area contributed by atoms with E-state index in [9.17, 15) is 14.4 Å². The maximum absolute atomic E-state index is 12.6. The Kier molecular flexibility index (Phi) is 3.38. The fourth-order valence-corrected chi connectivity index (χ4v) is 4.25. The molecule has 1 aromatic heterocycles. The fraction of sp³-hybridized carbons (Fsp3) is 0.0500. The SMILES string of the molecule is O=C(ON1C(=O)c2ccccc2C1=O)c1cc2c(s1)-c1ccccc1OC2. The summed E-state index contributed by atoms with van der Waals surface area (Å²) in [6, 6.07) is 15.6. The van der Waals surface area contributed by atoms with Crippen LogP contribution in [0.25, 0.3) is 10.4 Å². The Morgan fingerprint density at radius 3 is 2.30 bits per heavy atom. The molecule has 0 aliphatic carbocycles. The van der Waals surface area contributed by atoms with Gasteiger partial charge in [-0.2, -0.15) is 0 Å². The molecule has 0 saturated heterocycles. The number of hydroxylamine groups is 2. The van der Waals surface area contributed by atoms with Crippen LogP contribution in [0.3, 0.4) is 0 Å². The molecule has 0 fully saturated rings. The Morgan fingerprint density at radius 1 is 0.963 bits per heavy atom. The first-order valence-corrected chi connectivity index (χ1v) is 9.00. The van der Waals surface area contributed by atoms with Gasteiger partial charge >= 0.3 is 5.97 Å². The molecule has 2 aliphatic heterocycles. The van der Waals surface area contributed by atoms with E-state index < -0.39 is 17.8 Å². The number of thiophene rings is 1. The summed E-state index contributed by atoms with van der Waals surface area (Å²) in [5.74, 6) is -1.27. The van der Waals surface area contributed by atoms with Crippen LogP contribution < -0.4 is 4.74 Å². The van der Waals surface area contributed by atoms with Gasteiger partial charge < -0.3 is 9.57 Å². The number of carbonyl (C=O) groups is 3. The van der Waals surface area contributed by atoms with Crippen molar-refractivity contribution in [2.75, 3.05) is 0 Å². The fourth-order valence-electron chi connectivity index (χ4n) is 3.18. The molecule has 6 nitrogen and oxygen atoms in total. The molecule has 2 aromatic carbocycles. The molecule has 3 aromatic rings. The number of fused-ring (bicyclic) bond motifs is 4. The average molecular weight is 377 g/mol. The molecule has 0 atom stereocenters. The van der Waals surface area contributed by atoms with Crippen molar-refractivity contribution < 1.29 is 24.0 Å². The van der Waals surface area contributed by atoms with E-state index >= 15 is 0 Å². The van der Waals surface area contributed by atoms with E-state index in [4.69, 9.17) is 9.57 Å². The van der Waals surface area contributed by atoms with Crippen LogP contribution in [0, 0.1) is 0 Å². The van der Waals surface area contributed by atoms with Gasteiger partial charge in [-0.3, -0.25) is 9.59 Å². The Hall–Kier alpha value is -3.45. The summed E-state index contributed by atoms with van der Waals surface area (Å²) in [4.78, 5) is 43.6. The smallest absolute Gasteiger partial charge is 0.373 e. The van der Waals surface area contributed by atoms with Gasteiger partial charge in [-0.1, -0.05) is 29.3 Å². The lowest BCUT2D eigenvalue weighted by molar-refractivity contribution is -0.0581. The van der Waals surface area contributed by atoms with Crippen LogP contribution in [0.4, 0.5) is 0 Å². The molecule has 3 heterocycles. The number of rotatable bonds is 2. The van der Waals surface area contributed by atoms with E-state index in [2.05, 4.69) is 0 Å². The summed E-state index contributed by atoms with van der Waals surface area (Å²) >= 11 is 1.25. The van der Waals surface area contributed by atoms with Crippen molar-refractivity contribution in [2.45, 2.75) is 6.61 Å². The molecule has 132 valence electrons. The molecule has 2 amide bonds. The zero-order valence-corrected chi connectivity index (χ0v) is 14.6. The zero-order valence-electron chi connectivity index (χ0n) is 13.8. The van der Waals surface area contributed by atoms with Crippen molar-refractivity contribution in [2.24, 2.45) is 0 Å². The minimum atomic E-state index is -0.749. The summed E-state index contributed by atoms with van der Waals surface area (Å²) in [6.07, 6.45) is 0. The largest absolute Gasteiger partial charge is 0.488 e. The molecule has 7 heteroatoms. The lowest BCUT2D eigenvalue weighted by atomic mass is 10.1. The maximum Gasteiger partial charge on any atom is 0.373 e. The van der Waals surface area contributed by atoms with Crippen molar-refractivity contribution in [3.05, 3.63) is 76.2 Å². The van der Waals surface area contributed by atoms with Gasteiger partial charge in [-0.05, 0) is 30.3 Å². The third-order valence-corrected chi connectivity index (χ3v) is 5.65. The summed E-state index contributed by atoms with van der Waals surface area (Å²) in [5, 5.41) is 0.524. The summed E-state index contributed by atoms with van der Waals surface area (Å²) in [7, 11) is 0. The van der Waals surface area contributed by atoms with Gasteiger partial charge in [0.25, 0.3) is 11.8 Å². The molecule has 0 bridgehead atoms. The van der Waals surface area contributed by atoms with Crippen molar-refractivity contribution >= 4 is 29.1 Å². The Bertz CT molecular complexity index is 1100. The highest BCUT2D eigenvalue weighted by Crippen LogP contribution is 2.42. The third kappa shape index (κ3) is 2.36. The molecule has 0 N–H and O–H groups in total. The molecule has 0 spiro atoms. The second-order valence-corrected chi connectivity index (χ2v) is 7.13. The van der Waals surface area contributed by atoms with Gasteiger partial charge in [0, 0.05) is 16.0 Å². The van der Waals surface area contributed by atoms with E-state index in [1.807, 2.05) is 24.3 Å². The summed E-state index contributed by atoms with van der Waals surface area (Å²) in [5.41, 5.74) is 2.22. The van der Waals surface area contributed by atoms with Crippen molar-refractivity contribution in [3.8, 4) is 16.2 Å². The number of imide groups is 1. The van der Waals surface area contributed by atoms with Crippen LogP contribution in [0.2, 0.25) is 0 Å². The summed E-state index contributed by atoms with van der Waals surface area (Å²) < 4.78 is 5.69. The topological polar surface area (TPSA) is 72.9 Å². The minimum absolute atomic E-state index is 0.225. The number of nitrogens with zero attached hydrogens (tertiary/aromatic N) is 1. The minimum Gasteiger partial charge on any atom is -0.488 e. The van der Waals surface area contributed by atoms with Crippen LogP contribution in [0.15, 0.2) is 54.6 Å². The molecule has 27 heavy (non-hydrogen) atoms. The average Bonchev–Trinajstić information content (AvgIpc) is 3.24. The number of hydrogen-bond donors (Lipinski definition) is 0. The molecule has 2 aliphatic rings. The highest BCUT2D eigenvalue weighted by atomic mass is 32.1. The van der Waals surface area contributed by atoms with Gasteiger partial charge in [0.05, 0.1) is 11.1 Å². The Labute approximate surface area is 157 Å². The van der Waals surface area contributed by atoms with Gasteiger partial charge in [0.1, 0.15) is 17.2 Å². The van der Waals surface area contributed by atoms with Crippen LogP contribution in [-0.4, -0.2) is 22.8 Å². The zero-order chi connectivity index (χ0) is 18.5. The third-order valence-electron chi connectivity index (χ3n) is 4.46. The van der Waals surface area contributed by atoms with Crippen LogP contribution >= 0.6 is 11.3 Å². The Morgan fingerprint density at radius 2 is 1.59 bits per heavy atom. The van der Waals surface area contributed by atoms with E-state index in [1.165, 1.54) is 23.5 Å². The first kappa shape index (κ1) is 15.8. The molecular weight excluding hydrogens is 366 g/mol. The van der Waals surface area contributed by atoms with E-state index in [0.717, 1.165) is 21.8 Å². The highest BCUT2D eigenvalue weighted by molar-refractivity contribution is 7.17. The van der Waals surface area contributed by atoms with Crippen molar-refractivity contribution in [3.63, 3.8) is 0 Å². The highest BCUT2D eigenvalue weighted by Gasteiger charge is 2.39. The first-order chi connectivity index (χ1) is 13.1. The second-order valence-electron chi connectivity index (χ2n) is 6.08. The first-order valence-electron chi connectivity index (χ1n) is 8.18. The number of para-hydroxylation sites is 1. The number of amides is 2. The summed E-state index contributed by atoms with van der Waals surface area (Å²) in [6.45, 7) is 0.350. The predicted octanol–water partition coefficient (Wildman–Crippen LogP) is 3.68. The van der Waals surface area contributed by atoms with Crippen molar-refractivity contribution in [1.82, 2.24) is 5.06 Å². The lowest BCUT2D eigenvalue weighted by Crippen LogP contribution is -2.32. The monoisotopic (exact) mass is 377 g/mol. The maximum atomic E-state index is 12.6. The molecule has 0 saturated carbocycles. The quantitative estimate of drug-likeness (QED) is 0.637. The molecule has 0 radical (unpaired) electrons. The predicted molar refractivity (Wildman–Crippen MR) is 96.4 cm³/mol. The number of hydrogen-bond acceptors (Lipinski definition) is 6.